The van der Waals surface area contributed by atoms with Gasteiger partial charge >= 0.3 is 0 Å². The molecular formula is C14H10BrN3O3. The minimum absolute atomic E-state index is 0.0664. The smallest absolute Gasteiger partial charge is 0.267 e. The predicted molar refractivity (Wildman–Crippen MR) is 82.3 cm³/mol. The third-order valence-electron chi connectivity index (χ3n) is 2.62. The van der Waals surface area contributed by atoms with Crippen LogP contribution in [0.5, 0.6) is 0 Å². The lowest BCUT2D eigenvalue weighted by molar-refractivity contribution is -0.384. The largest absolute Gasteiger partial charge is 0.271 e. The third-order valence-corrected chi connectivity index (χ3v) is 3.34. The van der Waals surface area contributed by atoms with Gasteiger partial charge in [0.25, 0.3) is 11.6 Å². The standard InChI is InChI=1S/C14H10BrN3O3/c15-13-4-2-1-3-11(13)9-16-17-14(19)10-5-7-12(8-6-10)18(20)21/h1-9H,(H,17,19). The minimum Gasteiger partial charge on any atom is -0.267 e. The molecule has 2 aromatic rings. The Morgan fingerprint density at radius 1 is 1.19 bits per heavy atom. The zero-order chi connectivity index (χ0) is 15.2. The minimum atomic E-state index is -0.521. The highest BCUT2D eigenvalue weighted by molar-refractivity contribution is 9.10. The van der Waals surface area contributed by atoms with Crippen LogP contribution in [-0.4, -0.2) is 17.0 Å². The number of nitrogens with one attached hydrogen (secondary N) is 1. The maximum atomic E-state index is 11.8. The van der Waals surface area contributed by atoms with Crippen molar-refractivity contribution in [2.24, 2.45) is 5.10 Å². The number of non-ortho nitro benzene ring substituents is 1. The Labute approximate surface area is 128 Å². The summed E-state index contributed by atoms with van der Waals surface area (Å²) in [4.78, 5) is 21.8. The average molecular weight is 348 g/mol. The number of hydrogen-bond donors (Lipinski definition) is 1. The summed E-state index contributed by atoms with van der Waals surface area (Å²) in [7, 11) is 0. The van der Waals surface area contributed by atoms with E-state index in [2.05, 4.69) is 26.5 Å². The molecule has 1 N–H and O–H groups in total. The number of amides is 1. The van der Waals surface area contributed by atoms with Crippen LogP contribution < -0.4 is 5.43 Å². The fraction of sp³-hybridized carbons (Fsp3) is 0. The molecule has 0 fully saturated rings. The van der Waals surface area contributed by atoms with E-state index in [1.165, 1.54) is 30.5 Å². The molecular weight excluding hydrogens is 338 g/mol. The molecule has 106 valence electrons. The van der Waals surface area contributed by atoms with Crippen LogP contribution in [0, 0.1) is 10.1 Å². The lowest BCUT2D eigenvalue weighted by Gasteiger charge is -2.00. The fourth-order valence-electron chi connectivity index (χ4n) is 1.54. The number of nitro groups is 1. The third kappa shape index (κ3) is 3.96. The van der Waals surface area contributed by atoms with Gasteiger partial charge in [-0.25, -0.2) is 5.43 Å². The van der Waals surface area contributed by atoms with E-state index in [0.717, 1.165) is 10.0 Å². The lowest BCUT2D eigenvalue weighted by atomic mass is 10.2. The van der Waals surface area contributed by atoms with Gasteiger partial charge in [0, 0.05) is 27.7 Å². The molecule has 0 heterocycles. The first-order valence-electron chi connectivity index (χ1n) is 5.90. The van der Waals surface area contributed by atoms with E-state index in [4.69, 9.17) is 0 Å². The van der Waals surface area contributed by atoms with Gasteiger partial charge in [0.2, 0.25) is 0 Å². The van der Waals surface area contributed by atoms with Crippen molar-refractivity contribution < 1.29 is 9.72 Å². The molecule has 0 aromatic heterocycles. The summed E-state index contributed by atoms with van der Waals surface area (Å²) in [6.07, 6.45) is 1.51. The van der Waals surface area contributed by atoms with Gasteiger partial charge in [-0.1, -0.05) is 34.1 Å². The SMILES string of the molecule is O=C(NN=Cc1ccccc1Br)c1ccc([N+](=O)[O-])cc1. The van der Waals surface area contributed by atoms with Crippen molar-refractivity contribution in [3.05, 3.63) is 74.2 Å². The van der Waals surface area contributed by atoms with E-state index in [9.17, 15) is 14.9 Å². The molecule has 0 spiro atoms. The van der Waals surface area contributed by atoms with Crippen molar-refractivity contribution in [1.82, 2.24) is 5.43 Å². The molecule has 1 amide bonds. The van der Waals surface area contributed by atoms with E-state index in [1.54, 1.807) is 0 Å². The molecule has 7 heteroatoms. The highest BCUT2D eigenvalue weighted by Gasteiger charge is 2.08. The second-order valence-corrected chi connectivity index (χ2v) is 4.88. The molecule has 6 nitrogen and oxygen atoms in total. The quantitative estimate of drug-likeness (QED) is 0.523. The molecule has 0 aliphatic heterocycles. The number of carbonyl (C=O) groups excluding carboxylic acids is 1. The molecule has 0 aliphatic carbocycles. The summed E-state index contributed by atoms with van der Waals surface area (Å²) in [6, 6.07) is 12.7. The molecule has 2 aromatic carbocycles. The van der Waals surface area contributed by atoms with E-state index in [-0.39, 0.29) is 5.69 Å². The van der Waals surface area contributed by atoms with E-state index in [0.29, 0.717) is 5.56 Å². The Kier molecular flexibility index (Phi) is 4.78. The summed E-state index contributed by atoms with van der Waals surface area (Å²) < 4.78 is 0.860. The first-order chi connectivity index (χ1) is 10.1. The molecule has 2 rings (SSSR count). The van der Waals surface area contributed by atoms with Crippen molar-refractivity contribution in [3.63, 3.8) is 0 Å². The summed E-state index contributed by atoms with van der Waals surface area (Å²) in [5.41, 5.74) is 3.41. The fourth-order valence-corrected chi connectivity index (χ4v) is 1.93. The van der Waals surface area contributed by atoms with Crippen molar-refractivity contribution in [3.8, 4) is 0 Å². The summed E-state index contributed by atoms with van der Waals surface area (Å²) in [5.74, 6) is -0.437. The number of nitro benzene ring substituents is 1. The van der Waals surface area contributed by atoms with Crippen molar-refractivity contribution in [2.75, 3.05) is 0 Å². The van der Waals surface area contributed by atoms with Gasteiger partial charge in [0.15, 0.2) is 0 Å². The van der Waals surface area contributed by atoms with E-state index in [1.807, 2.05) is 24.3 Å². The Morgan fingerprint density at radius 3 is 2.48 bits per heavy atom. The first kappa shape index (κ1) is 14.9. The molecule has 0 unspecified atom stereocenters. The maximum absolute atomic E-state index is 11.8. The summed E-state index contributed by atoms with van der Waals surface area (Å²) in [6.45, 7) is 0. The van der Waals surface area contributed by atoms with Gasteiger partial charge in [-0.2, -0.15) is 5.10 Å². The highest BCUT2D eigenvalue weighted by Crippen LogP contribution is 2.13. The number of hydrogen-bond acceptors (Lipinski definition) is 4. The van der Waals surface area contributed by atoms with Crippen LogP contribution in [0.25, 0.3) is 0 Å². The van der Waals surface area contributed by atoms with E-state index < -0.39 is 10.8 Å². The monoisotopic (exact) mass is 347 g/mol. The first-order valence-corrected chi connectivity index (χ1v) is 6.69. The molecule has 0 aliphatic rings. The van der Waals surface area contributed by atoms with E-state index >= 15 is 0 Å². The van der Waals surface area contributed by atoms with Crippen LogP contribution in [-0.2, 0) is 0 Å². The van der Waals surface area contributed by atoms with Crippen LogP contribution in [0.3, 0.4) is 0 Å². The number of carbonyl (C=O) groups is 1. The van der Waals surface area contributed by atoms with Crippen LogP contribution in [0.4, 0.5) is 5.69 Å². The number of hydrazone groups is 1. The number of benzene rings is 2. The second-order valence-electron chi connectivity index (χ2n) is 4.02. The average Bonchev–Trinajstić information content (AvgIpc) is 2.49. The molecule has 0 atom stereocenters. The second kappa shape index (κ2) is 6.76. The van der Waals surface area contributed by atoms with Gasteiger partial charge in [0.05, 0.1) is 11.1 Å². The lowest BCUT2D eigenvalue weighted by Crippen LogP contribution is -2.17. The zero-order valence-corrected chi connectivity index (χ0v) is 12.3. The van der Waals surface area contributed by atoms with Gasteiger partial charge in [-0.15, -0.1) is 0 Å². The van der Waals surface area contributed by atoms with Crippen LogP contribution >= 0.6 is 15.9 Å². The maximum Gasteiger partial charge on any atom is 0.271 e. The Morgan fingerprint density at radius 2 is 1.86 bits per heavy atom. The van der Waals surface area contributed by atoms with Gasteiger partial charge < -0.3 is 0 Å². The Bertz CT molecular complexity index is 699. The normalized spacial score (nSPS) is 10.5. The molecule has 21 heavy (non-hydrogen) atoms. The molecule has 0 radical (unpaired) electrons. The molecule has 0 bridgehead atoms. The van der Waals surface area contributed by atoms with Crippen LogP contribution in [0.1, 0.15) is 15.9 Å². The summed E-state index contributed by atoms with van der Waals surface area (Å²) in [5, 5.41) is 14.4. The van der Waals surface area contributed by atoms with Crippen molar-refractivity contribution in [2.45, 2.75) is 0 Å². The van der Waals surface area contributed by atoms with Gasteiger partial charge in [-0.05, 0) is 18.2 Å². The Hall–Kier alpha value is -2.54. The van der Waals surface area contributed by atoms with Crippen molar-refractivity contribution in [1.29, 1.82) is 0 Å². The van der Waals surface area contributed by atoms with Crippen molar-refractivity contribution >= 4 is 33.7 Å². The van der Waals surface area contributed by atoms with Crippen LogP contribution in [0.15, 0.2) is 58.1 Å². The number of halogens is 1. The van der Waals surface area contributed by atoms with Crippen LogP contribution in [0.2, 0.25) is 0 Å². The zero-order valence-electron chi connectivity index (χ0n) is 10.7. The Balaban J connectivity index is 2.02. The molecule has 0 saturated heterocycles. The topological polar surface area (TPSA) is 84.6 Å². The predicted octanol–water partition coefficient (Wildman–Crippen LogP) is 3.12. The number of rotatable bonds is 4. The molecule has 0 saturated carbocycles. The van der Waals surface area contributed by atoms with Gasteiger partial charge in [-0.3, -0.25) is 14.9 Å². The summed E-state index contributed by atoms with van der Waals surface area (Å²) >= 11 is 3.36. The van der Waals surface area contributed by atoms with Gasteiger partial charge in [0.1, 0.15) is 0 Å². The highest BCUT2D eigenvalue weighted by atomic mass is 79.9. The number of nitrogens with zero attached hydrogens (tertiary/aromatic N) is 2.